The maximum Gasteiger partial charge on any atom is 0.272 e. The van der Waals surface area contributed by atoms with Crippen molar-refractivity contribution in [1.82, 2.24) is 24.2 Å². The normalized spacial score (nSPS) is 21.7. The Labute approximate surface area is 140 Å². The first-order chi connectivity index (χ1) is 11.5. The third kappa shape index (κ3) is 2.43. The van der Waals surface area contributed by atoms with Crippen LogP contribution in [0.5, 0.6) is 0 Å². The molecule has 1 amide bonds. The molecule has 0 spiro atoms. The van der Waals surface area contributed by atoms with Gasteiger partial charge in [0.05, 0.1) is 30.2 Å². The number of amides is 1. The fourth-order valence-corrected chi connectivity index (χ4v) is 3.59. The van der Waals surface area contributed by atoms with Gasteiger partial charge in [0, 0.05) is 19.5 Å². The molecule has 7 heteroatoms. The summed E-state index contributed by atoms with van der Waals surface area (Å²) in [5.74, 6) is 1.21. The minimum absolute atomic E-state index is 0.00907. The van der Waals surface area contributed by atoms with Crippen LogP contribution in [0.3, 0.4) is 0 Å². The van der Waals surface area contributed by atoms with E-state index in [1.807, 2.05) is 22.6 Å². The summed E-state index contributed by atoms with van der Waals surface area (Å²) in [5, 5.41) is 14.4. The largest absolute Gasteiger partial charge is 0.385 e. The first-order valence-electron chi connectivity index (χ1n) is 8.53. The lowest BCUT2D eigenvalue weighted by Gasteiger charge is -2.34. The second kappa shape index (κ2) is 5.44. The van der Waals surface area contributed by atoms with Crippen molar-refractivity contribution in [3.05, 3.63) is 35.2 Å². The summed E-state index contributed by atoms with van der Waals surface area (Å²) in [7, 11) is 1.84. The number of carbonyl (C=O) groups excluding carboxylic acids is 1. The van der Waals surface area contributed by atoms with E-state index in [4.69, 9.17) is 0 Å². The predicted molar refractivity (Wildman–Crippen MR) is 87.5 cm³/mol. The average Bonchev–Trinajstić information content (AvgIpc) is 3.17. The molecule has 7 nitrogen and oxygen atoms in total. The minimum Gasteiger partial charge on any atom is -0.385 e. The number of imidazole rings is 1. The standard InChI is InChI=1S/C17H23N5O2/c1-10-8-21(9-13-7-18-16(11(2)23)22(10)13)17(24)15-6-14(12-4-5-12)19-20(15)3/h6-7,10-12,23H,4-5,8-9H2,1-3H3/t10-,11+/m0/s1. The van der Waals surface area contributed by atoms with E-state index < -0.39 is 6.10 Å². The Hall–Kier alpha value is -2.15. The number of rotatable bonds is 3. The summed E-state index contributed by atoms with van der Waals surface area (Å²) in [5.41, 5.74) is 2.64. The highest BCUT2D eigenvalue weighted by Crippen LogP contribution is 2.39. The van der Waals surface area contributed by atoms with Crippen LogP contribution in [0.4, 0.5) is 0 Å². The number of carbonyl (C=O) groups is 1. The van der Waals surface area contributed by atoms with Crippen LogP contribution in [0.15, 0.2) is 12.3 Å². The SMILES string of the molecule is C[C@@H](O)c1ncc2n1[C@@H](C)CN(C(=O)c1cc(C3CC3)nn1C)C2. The molecule has 1 aliphatic heterocycles. The van der Waals surface area contributed by atoms with Gasteiger partial charge in [-0.3, -0.25) is 9.48 Å². The lowest BCUT2D eigenvalue weighted by Crippen LogP contribution is -2.41. The van der Waals surface area contributed by atoms with Crippen LogP contribution in [0, 0.1) is 0 Å². The first kappa shape index (κ1) is 15.4. The summed E-state index contributed by atoms with van der Waals surface area (Å²) in [6, 6.07) is 2.03. The molecule has 0 radical (unpaired) electrons. The van der Waals surface area contributed by atoms with E-state index in [9.17, 15) is 9.90 Å². The number of aliphatic hydroxyl groups excluding tert-OH is 1. The highest BCUT2D eigenvalue weighted by Gasteiger charge is 2.32. The van der Waals surface area contributed by atoms with Gasteiger partial charge in [-0.05, 0) is 32.8 Å². The summed E-state index contributed by atoms with van der Waals surface area (Å²) < 4.78 is 3.75. The number of hydrogen-bond acceptors (Lipinski definition) is 4. The summed E-state index contributed by atoms with van der Waals surface area (Å²) >= 11 is 0. The minimum atomic E-state index is -0.610. The Bertz CT molecular complexity index is 787. The Morgan fingerprint density at radius 1 is 1.42 bits per heavy atom. The number of aliphatic hydroxyl groups is 1. The second-order valence-electron chi connectivity index (χ2n) is 7.04. The third-order valence-corrected chi connectivity index (χ3v) is 4.95. The quantitative estimate of drug-likeness (QED) is 0.931. The molecule has 3 heterocycles. The van der Waals surface area contributed by atoms with Crippen molar-refractivity contribution >= 4 is 5.91 Å². The molecule has 4 rings (SSSR count). The fourth-order valence-electron chi connectivity index (χ4n) is 3.59. The zero-order valence-corrected chi connectivity index (χ0v) is 14.3. The molecule has 1 saturated carbocycles. The number of aromatic nitrogens is 4. The Kier molecular flexibility index (Phi) is 3.49. The van der Waals surface area contributed by atoms with Gasteiger partial charge < -0.3 is 14.6 Å². The molecule has 128 valence electrons. The zero-order valence-electron chi connectivity index (χ0n) is 14.3. The van der Waals surface area contributed by atoms with Gasteiger partial charge in [0.1, 0.15) is 17.6 Å². The molecule has 0 aromatic carbocycles. The molecule has 2 aromatic heterocycles. The molecule has 2 aliphatic rings. The lowest BCUT2D eigenvalue weighted by atomic mass is 10.1. The summed E-state index contributed by atoms with van der Waals surface area (Å²) in [4.78, 5) is 19.1. The predicted octanol–water partition coefficient (Wildman–Crippen LogP) is 1.76. The van der Waals surface area contributed by atoms with Crippen LogP contribution >= 0.6 is 0 Å². The number of fused-ring (bicyclic) bond motifs is 1. The summed E-state index contributed by atoms with van der Waals surface area (Å²) in [6.45, 7) is 4.88. The third-order valence-electron chi connectivity index (χ3n) is 4.95. The van der Waals surface area contributed by atoms with Crippen LogP contribution in [-0.2, 0) is 13.6 Å². The monoisotopic (exact) mass is 329 g/mol. The van der Waals surface area contributed by atoms with E-state index in [-0.39, 0.29) is 11.9 Å². The Balaban J connectivity index is 1.60. The van der Waals surface area contributed by atoms with E-state index in [0.29, 0.717) is 30.5 Å². The van der Waals surface area contributed by atoms with Crippen LogP contribution in [0.25, 0.3) is 0 Å². The average molecular weight is 329 g/mol. The molecule has 24 heavy (non-hydrogen) atoms. The van der Waals surface area contributed by atoms with Gasteiger partial charge >= 0.3 is 0 Å². The molecule has 0 bridgehead atoms. The van der Waals surface area contributed by atoms with Gasteiger partial charge in [-0.15, -0.1) is 0 Å². The van der Waals surface area contributed by atoms with E-state index in [1.54, 1.807) is 17.8 Å². The van der Waals surface area contributed by atoms with Crippen LogP contribution < -0.4 is 0 Å². The molecular formula is C17H23N5O2. The van der Waals surface area contributed by atoms with Crippen LogP contribution in [-0.4, -0.2) is 41.8 Å². The van der Waals surface area contributed by atoms with Gasteiger partial charge in [0.25, 0.3) is 5.91 Å². The van der Waals surface area contributed by atoms with Crippen molar-refractivity contribution in [3.63, 3.8) is 0 Å². The van der Waals surface area contributed by atoms with Crippen molar-refractivity contribution in [3.8, 4) is 0 Å². The number of nitrogens with zero attached hydrogens (tertiary/aromatic N) is 5. The van der Waals surface area contributed by atoms with Gasteiger partial charge in [0.15, 0.2) is 0 Å². The molecule has 1 aliphatic carbocycles. The molecule has 1 N–H and O–H groups in total. The van der Waals surface area contributed by atoms with Gasteiger partial charge in [-0.2, -0.15) is 5.10 Å². The van der Waals surface area contributed by atoms with Crippen molar-refractivity contribution in [2.75, 3.05) is 6.54 Å². The van der Waals surface area contributed by atoms with E-state index in [1.165, 1.54) is 12.8 Å². The maximum absolute atomic E-state index is 13.0. The van der Waals surface area contributed by atoms with E-state index >= 15 is 0 Å². The molecule has 1 fully saturated rings. The molecule has 0 saturated heterocycles. The fraction of sp³-hybridized carbons (Fsp3) is 0.588. The van der Waals surface area contributed by atoms with Crippen molar-refractivity contribution in [2.45, 2.75) is 51.3 Å². The van der Waals surface area contributed by atoms with Gasteiger partial charge in [-0.25, -0.2) is 4.98 Å². The van der Waals surface area contributed by atoms with Crippen LogP contribution in [0.1, 0.15) is 72.5 Å². The molecule has 0 unspecified atom stereocenters. The molecule has 2 atom stereocenters. The Morgan fingerprint density at radius 2 is 2.17 bits per heavy atom. The molecular weight excluding hydrogens is 306 g/mol. The van der Waals surface area contributed by atoms with Crippen molar-refractivity contribution in [2.24, 2.45) is 7.05 Å². The lowest BCUT2D eigenvalue weighted by molar-refractivity contribution is 0.0666. The maximum atomic E-state index is 13.0. The van der Waals surface area contributed by atoms with Gasteiger partial charge in [-0.1, -0.05) is 0 Å². The summed E-state index contributed by atoms with van der Waals surface area (Å²) in [6.07, 6.45) is 3.50. The highest BCUT2D eigenvalue weighted by molar-refractivity contribution is 5.92. The zero-order chi connectivity index (χ0) is 17.0. The van der Waals surface area contributed by atoms with Gasteiger partial charge in [0.2, 0.25) is 0 Å². The number of aryl methyl sites for hydroxylation is 1. The molecule has 2 aromatic rings. The highest BCUT2D eigenvalue weighted by atomic mass is 16.3. The van der Waals surface area contributed by atoms with Crippen molar-refractivity contribution < 1.29 is 9.90 Å². The first-order valence-corrected chi connectivity index (χ1v) is 8.53. The topological polar surface area (TPSA) is 76.2 Å². The Morgan fingerprint density at radius 3 is 2.83 bits per heavy atom. The van der Waals surface area contributed by atoms with E-state index in [0.717, 1.165) is 11.4 Å². The number of hydrogen-bond donors (Lipinski definition) is 1. The second-order valence-corrected chi connectivity index (χ2v) is 7.04. The van der Waals surface area contributed by atoms with E-state index in [2.05, 4.69) is 17.0 Å². The van der Waals surface area contributed by atoms with Crippen molar-refractivity contribution in [1.29, 1.82) is 0 Å². The smallest absolute Gasteiger partial charge is 0.272 e. The van der Waals surface area contributed by atoms with Crippen LogP contribution in [0.2, 0.25) is 0 Å².